The molecule has 0 aliphatic carbocycles. The average molecular weight is 484 g/mol. The van der Waals surface area contributed by atoms with Crippen LogP contribution < -0.4 is 5.32 Å². The lowest BCUT2D eigenvalue weighted by Gasteiger charge is -2.37. The Kier molecular flexibility index (Phi) is 11.1. The number of nitrogens with one attached hydrogen (secondary N) is 1. The predicted octanol–water partition coefficient (Wildman–Crippen LogP) is 2.90. The van der Waals surface area contributed by atoms with Crippen LogP contribution in [0.4, 0.5) is 0 Å². The summed E-state index contributed by atoms with van der Waals surface area (Å²) >= 11 is 2.08. The average Bonchev–Trinajstić information content (AvgIpc) is 3.07. The molecule has 0 aromatic heterocycles. The maximum absolute atomic E-state index is 5.58. The molecule has 2 heterocycles. The maximum Gasteiger partial charge on any atom is 0.193 e. The quantitative estimate of drug-likeness (QED) is 0.342. The van der Waals surface area contributed by atoms with Gasteiger partial charge in [-0.2, -0.15) is 11.8 Å². The number of halogens is 1. The Balaban J connectivity index is 0.00000312. The molecule has 5 nitrogen and oxygen atoms in total. The molecule has 2 aliphatic heterocycles. The van der Waals surface area contributed by atoms with E-state index in [2.05, 4.69) is 52.6 Å². The number of likely N-dealkylation sites (tertiary alicyclic amines) is 1. The zero-order valence-corrected chi connectivity index (χ0v) is 19.6. The zero-order valence-electron chi connectivity index (χ0n) is 16.4. The van der Waals surface area contributed by atoms with Crippen molar-refractivity contribution < 1.29 is 4.74 Å². The van der Waals surface area contributed by atoms with Gasteiger partial charge in [0.15, 0.2) is 5.96 Å². The molecule has 2 aliphatic rings. The van der Waals surface area contributed by atoms with E-state index < -0.39 is 0 Å². The summed E-state index contributed by atoms with van der Waals surface area (Å²) in [6.07, 6.45) is 3.51. The molecule has 0 spiro atoms. The summed E-state index contributed by atoms with van der Waals surface area (Å²) in [4.78, 5) is 9.57. The van der Waals surface area contributed by atoms with E-state index >= 15 is 0 Å². The molecule has 2 saturated heterocycles. The van der Waals surface area contributed by atoms with Crippen LogP contribution in [0.25, 0.3) is 0 Å². The van der Waals surface area contributed by atoms with E-state index in [0.29, 0.717) is 10.8 Å². The molecule has 0 aromatic carbocycles. The van der Waals surface area contributed by atoms with Crippen molar-refractivity contribution in [1.29, 1.82) is 0 Å². The first-order valence-electron chi connectivity index (χ1n) is 9.59. The summed E-state index contributed by atoms with van der Waals surface area (Å²) in [6, 6.07) is 0.667. The van der Waals surface area contributed by atoms with Crippen LogP contribution in [0.15, 0.2) is 4.99 Å². The topological polar surface area (TPSA) is 40.1 Å². The van der Waals surface area contributed by atoms with Gasteiger partial charge in [-0.1, -0.05) is 20.8 Å². The Morgan fingerprint density at radius 1 is 1.28 bits per heavy atom. The van der Waals surface area contributed by atoms with Gasteiger partial charge in [0.05, 0.1) is 0 Å². The summed E-state index contributed by atoms with van der Waals surface area (Å²) in [5.41, 5.74) is 0. The lowest BCUT2D eigenvalue weighted by atomic mass is 9.99. The summed E-state index contributed by atoms with van der Waals surface area (Å²) < 4.78 is 5.89. The van der Waals surface area contributed by atoms with Crippen LogP contribution in [0.1, 0.15) is 40.0 Å². The number of guanidine groups is 1. The number of thioether (sulfide) groups is 1. The minimum absolute atomic E-state index is 0. The molecule has 0 radical (unpaired) electrons. The van der Waals surface area contributed by atoms with Crippen molar-refractivity contribution in [3.63, 3.8) is 0 Å². The van der Waals surface area contributed by atoms with Crippen LogP contribution in [0.2, 0.25) is 0 Å². The molecule has 0 bridgehead atoms. The van der Waals surface area contributed by atoms with E-state index in [1.807, 2.05) is 7.05 Å². The highest BCUT2D eigenvalue weighted by Gasteiger charge is 2.34. The number of likely N-dealkylation sites (N-methyl/N-ethyl adjacent to an activating group) is 1. The highest BCUT2D eigenvalue weighted by molar-refractivity contribution is 14.0. The number of aliphatic imine (C=N–C) groups is 1. The Labute approximate surface area is 175 Å². The third-order valence-electron chi connectivity index (χ3n) is 5.43. The SMILES string of the molecule is CCSC1(CNC(=NC)N2CCC(N(CC)CC)C2)CCOCC1.I. The third-order valence-corrected chi connectivity index (χ3v) is 6.88. The molecule has 2 rings (SSSR count). The normalized spacial score (nSPS) is 23.6. The second-order valence-corrected chi connectivity index (χ2v) is 8.47. The van der Waals surface area contributed by atoms with Crippen molar-refractivity contribution >= 4 is 41.7 Å². The van der Waals surface area contributed by atoms with Crippen molar-refractivity contribution in [2.24, 2.45) is 4.99 Å². The number of nitrogens with zero attached hydrogens (tertiary/aromatic N) is 3. The second kappa shape index (κ2) is 11.9. The van der Waals surface area contributed by atoms with E-state index in [-0.39, 0.29) is 24.0 Å². The summed E-state index contributed by atoms with van der Waals surface area (Å²) in [6.45, 7) is 14.0. The first-order valence-corrected chi connectivity index (χ1v) is 10.6. The highest BCUT2D eigenvalue weighted by atomic mass is 127. The Morgan fingerprint density at radius 3 is 2.52 bits per heavy atom. The van der Waals surface area contributed by atoms with Gasteiger partial charge in [-0.25, -0.2) is 0 Å². The van der Waals surface area contributed by atoms with E-state index in [9.17, 15) is 0 Å². The lowest BCUT2D eigenvalue weighted by molar-refractivity contribution is 0.0780. The first-order chi connectivity index (χ1) is 11.7. The van der Waals surface area contributed by atoms with Crippen molar-refractivity contribution in [2.45, 2.75) is 50.8 Å². The smallest absolute Gasteiger partial charge is 0.193 e. The molecule has 25 heavy (non-hydrogen) atoms. The molecule has 0 amide bonds. The molecule has 0 saturated carbocycles. The minimum Gasteiger partial charge on any atom is -0.381 e. The molecule has 7 heteroatoms. The molecule has 148 valence electrons. The first kappa shape index (κ1) is 23.3. The summed E-state index contributed by atoms with van der Waals surface area (Å²) in [5.74, 6) is 2.24. The summed E-state index contributed by atoms with van der Waals surface area (Å²) in [7, 11) is 1.91. The van der Waals surface area contributed by atoms with E-state index in [0.717, 1.165) is 70.5 Å². The molecular formula is C18H37IN4OS. The fraction of sp³-hybridized carbons (Fsp3) is 0.944. The molecule has 1 unspecified atom stereocenters. The second-order valence-electron chi connectivity index (χ2n) is 6.74. The van der Waals surface area contributed by atoms with Crippen LogP contribution in [0.3, 0.4) is 0 Å². The van der Waals surface area contributed by atoms with E-state index in [1.54, 1.807) is 0 Å². The largest absolute Gasteiger partial charge is 0.381 e. The summed E-state index contributed by atoms with van der Waals surface area (Å²) in [5, 5.41) is 3.68. The fourth-order valence-electron chi connectivity index (χ4n) is 3.97. The highest BCUT2D eigenvalue weighted by Crippen LogP contribution is 2.34. The monoisotopic (exact) mass is 484 g/mol. The predicted molar refractivity (Wildman–Crippen MR) is 121 cm³/mol. The van der Waals surface area contributed by atoms with Gasteiger partial charge in [0, 0.05) is 50.7 Å². The fourth-order valence-corrected chi connectivity index (χ4v) is 5.21. The Hall–Kier alpha value is 0.270. The number of rotatable bonds is 7. The van der Waals surface area contributed by atoms with Gasteiger partial charge in [0.1, 0.15) is 0 Å². The standard InChI is InChI=1S/C18H36N4OS.HI/c1-5-21(6-2)16-8-11-22(14-16)17(19-4)20-15-18(24-7-3)9-12-23-13-10-18;/h16H,5-15H2,1-4H3,(H,19,20);1H. The molecule has 2 fully saturated rings. The number of hydrogen-bond acceptors (Lipinski definition) is 4. The van der Waals surface area contributed by atoms with Crippen molar-refractivity contribution in [2.75, 3.05) is 58.7 Å². The van der Waals surface area contributed by atoms with Gasteiger partial charge in [-0.05, 0) is 38.1 Å². The lowest BCUT2D eigenvalue weighted by Crippen LogP contribution is -2.49. The van der Waals surface area contributed by atoms with Crippen LogP contribution in [0, 0.1) is 0 Å². The number of ether oxygens (including phenoxy) is 1. The van der Waals surface area contributed by atoms with Crippen LogP contribution in [0.5, 0.6) is 0 Å². The molecule has 1 N–H and O–H groups in total. The minimum atomic E-state index is 0. The van der Waals surface area contributed by atoms with Gasteiger partial charge in [0.2, 0.25) is 0 Å². The van der Waals surface area contributed by atoms with Gasteiger partial charge in [0.25, 0.3) is 0 Å². The van der Waals surface area contributed by atoms with E-state index in [1.165, 1.54) is 6.42 Å². The molecule has 0 aromatic rings. The Bertz CT molecular complexity index is 395. The maximum atomic E-state index is 5.58. The van der Waals surface area contributed by atoms with Crippen molar-refractivity contribution in [1.82, 2.24) is 15.1 Å². The van der Waals surface area contributed by atoms with Gasteiger partial charge in [-0.3, -0.25) is 9.89 Å². The third kappa shape index (κ3) is 6.43. The van der Waals surface area contributed by atoms with Gasteiger partial charge >= 0.3 is 0 Å². The van der Waals surface area contributed by atoms with E-state index in [4.69, 9.17) is 4.74 Å². The molecule has 1 atom stereocenters. The Morgan fingerprint density at radius 2 is 1.96 bits per heavy atom. The van der Waals surface area contributed by atoms with Crippen LogP contribution in [-0.4, -0.2) is 85.3 Å². The van der Waals surface area contributed by atoms with Crippen molar-refractivity contribution in [3.8, 4) is 0 Å². The van der Waals surface area contributed by atoms with Crippen molar-refractivity contribution in [3.05, 3.63) is 0 Å². The van der Waals surface area contributed by atoms with Crippen LogP contribution in [-0.2, 0) is 4.74 Å². The van der Waals surface area contributed by atoms with Gasteiger partial charge in [-0.15, -0.1) is 24.0 Å². The van der Waals surface area contributed by atoms with Crippen LogP contribution >= 0.6 is 35.7 Å². The molecular weight excluding hydrogens is 447 g/mol. The van der Waals surface area contributed by atoms with Gasteiger partial charge < -0.3 is 15.0 Å². The number of hydrogen-bond donors (Lipinski definition) is 1. The zero-order chi connectivity index (χ0) is 17.4.